The van der Waals surface area contributed by atoms with Crippen molar-refractivity contribution < 1.29 is 14.4 Å². The molecule has 1 aliphatic rings. The Kier molecular flexibility index (Phi) is 5.82. The number of aryl methyl sites for hydroxylation is 1. The van der Waals surface area contributed by atoms with E-state index in [2.05, 4.69) is 4.98 Å². The first-order valence-electron chi connectivity index (χ1n) is 9.82. The van der Waals surface area contributed by atoms with E-state index in [1.807, 2.05) is 51.1 Å². The van der Waals surface area contributed by atoms with E-state index >= 15 is 0 Å². The molecule has 3 amide bonds. The number of carbonyl (C=O) groups is 3. The topological polar surface area (TPSA) is 70.6 Å². The number of nitrogens with zero attached hydrogens (tertiary/aromatic N) is 3. The zero-order valence-electron chi connectivity index (χ0n) is 17.4. The Bertz CT molecular complexity index is 926. The third kappa shape index (κ3) is 3.92. The van der Waals surface area contributed by atoms with Crippen molar-refractivity contribution >= 4 is 17.7 Å². The lowest BCUT2D eigenvalue weighted by Crippen LogP contribution is -2.44. The van der Waals surface area contributed by atoms with Crippen LogP contribution in [0.3, 0.4) is 0 Å². The normalized spacial score (nSPS) is 19.1. The number of hydrogen-bond donors (Lipinski definition) is 0. The van der Waals surface area contributed by atoms with Gasteiger partial charge in [-0.2, -0.15) is 0 Å². The lowest BCUT2D eigenvalue weighted by molar-refractivity contribution is -0.143. The van der Waals surface area contributed by atoms with Crippen molar-refractivity contribution in [3.05, 3.63) is 65.5 Å². The average Bonchev–Trinajstić information content (AvgIpc) is 2.93. The van der Waals surface area contributed by atoms with Gasteiger partial charge in [0.2, 0.25) is 17.7 Å². The highest BCUT2D eigenvalue weighted by Gasteiger charge is 2.54. The quantitative estimate of drug-likeness (QED) is 0.708. The molecule has 152 valence electrons. The van der Waals surface area contributed by atoms with E-state index in [0.717, 1.165) is 16.7 Å². The van der Waals surface area contributed by atoms with Crippen LogP contribution in [-0.2, 0) is 26.3 Å². The summed E-state index contributed by atoms with van der Waals surface area (Å²) in [5.41, 5.74) is 1.25. The van der Waals surface area contributed by atoms with Crippen molar-refractivity contribution in [1.82, 2.24) is 14.8 Å². The van der Waals surface area contributed by atoms with Gasteiger partial charge in [-0.25, -0.2) is 0 Å². The minimum atomic E-state index is -1.18. The van der Waals surface area contributed by atoms with Gasteiger partial charge >= 0.3 is 0 Å². The first-order chi connectivity index (χ1) is 13.8. The third-order valence-electron chi connectivity index (χ3n) is 5.75. The van der Waals surface area contributed by atoms with Crippen LogP contribution in [0.25, 0.3) is 0 Å². The summed E-state index contributed by atoms with van der Waals surface area (Å²) >= 11 is 0. The number of pyridine rings is 1. The summed E-state index contributed by atoms with van der Waals surface area (Å²) in [5, 5.41) is 0. The van der Waals surface area contributed by atoms with Gasteiger partial charge in [0.25, 0.3) is 0 Å². The van der Waals surface area contributed by atoms with Gasteiger partial charge < -0.3 is 4.90 Å². The molecule has 1 fully saturated rings. The maximum absolute atomic E-state index is 13.6. The lowest BCUT2D eigenvalue weighted by atomic mass is 9.74. The molecule has 1 atom stereocenters. The van der Waals surface area contributed by atoms with E-state index in [-0.39, 0.29) is 43.1 Å². The maximum atomic E-state index is 13.6. The summed E-state index contributed by atoms with van der Waals surface area (Å²) in [6.45, 7) is 5.92. The molecule has 6 nitrogen and oxygen atoms in total. The van der Waals surface area contributed by atoms with Gasteiger partial charge in [0.05, 0.1) is 12.0 Å². The molecule has 1 aromatic heterocycles. The fourth-order valence-corrected chi connectivity index (χ4v) is 3.86. The minimum Gasteiger partial charge on any atom is -0.343 e. The molecule has 6 heteroatoms. The average molecular weight is 393 g/mol. The molecule has 0 N–H and O–H groups in total. The number of carbonyl (C=O) groups excluding carboxylic acids is 3. The summed E-state index contributed by atoms with van der Waals surface area (Å²) < 4.78 is 0. The Balaban J connectivity index is 2.02. The Morgan fingerprint density at radius 3 is 2.55 bits per heavy atom. The fraction of sp³-hybridized carbons (Fsp3) is 0.391. The van der Waals surface area contributed by atoms with Gasteiger partial charge in [-0.1, -0.05) is 30.3 Å². The predicted molar refractivity (Wildman–Crippen MR) is 110 cm³/mol. The third-order valence-corrected chi connectivity index (χ3v) is 5.75. The van der Waals surface area contributed by atoms with Gasteiger partial charge in [-0.15, -0.1) is 0 Å². The van der Waals surface area contributed by atoms with Crippen molar-refractivity contribution in [2.45, 2.75) is 51.6 Å². The van der Waals surface area contributed by atoms with E-state index in [4.69, 9.17) is 0 Å². The molecule has 1 saturated heterocycles. The van der Waals surface area contributed by atoms with E-state index in [1.165, 1.54) is 4.90 Å². The second kappa shape index (κ2) is 8.15. The van der Waals surface area contributed by atoms with Gasteiger partial charge in [-0.05, 0) is 43.5 Å². The van der Waals surface area contributed by atoms with Crippen LogP contribution in [0, 0.1) is 6.92 Å². The summed E-state index contributed by atoms with van der Waals surface area (Å²) in [7, 11) is 1.73. The van der Waals surface area contributed by atoms with Crippen molar-refractivity contribution in [2.75, 3.05) is 7.05 Å². The van der Waals surface area contributed by atoms with Crippen molar-refractivity contribution in [1.29, 1.82) is 0 Å². The molecule has 1 aromatic carbocycles. The van der Waals surface area contributed by atoms with Crippen molar-refractivity contribution in [3.63, 3.8) is 0 Å². The summed E-state index contributed by atoms with van der Waals surface area (Å²) in [4.78, 5) is 46.5. The number of likely N-dealkylation sites (tertiary alicyclic amines) is 1. The number of hydrogen-bond acceptors (Lipinski definition) is 4. The molecule has 0 bridgehead atoms. The second-order valence-electron chi connectivity index (χ2n) is 8.00. The number of benzene rings is 1. The molecular formula is C23H27N3O3. The van der Waals surface area contributed by atoms with E-state index in [0.29, 0.717) is 0 Å². The van der Waals surface area contributed by atoms with E-state index < -0.39 is 5.41 Å². The highest BCUT2D eigenvalue weighted by atomic mass is 16.2. The van der Waals surface area contributed by atoms with Crippen LogP contribution in [-0.4, -0.2) is 45.6 Å². The van der Waals surface area contributed by atoms with Crippen LogP contribution in [0.5, 0.6) is 0 Å². The number of rotatable bonds is 6. The largest absolute Gasteiger partial charge is 0.343 e. The minimum absolute atomic E-state index is 0.00533. The van der Waals surface area contributed by atoms with E-state index in [9.17, 15) is 14.4 Å². The Morgan fingerprint density at radius 2 is 1.93 bits per heavy atom. The molecule has 0 radical (unpaired) electrons. The van der Waals surface area contributed by atoms with Crippen molar-refractivity contribution in [2.24, 2.45) is 0 Å². The molecule has 0 spiro atoms. The highest BCUT2D eigenvalue weighted by Crippen LogP contribution is 2.42. The number of imide groups is 1. The van der Waals surface area contributed by atoms with E-state index in [1.54, 1.807) is 30.4 Å². The zero-order chi connectivity index (χ0) is 21.2. The van der Waals surface area contributed by atoms with Gasteiger partial charge in [0, 0.05) is 38.3 Å². The van der Waals surface area contributed by atoms with Crippen LogP contribution in [0.2, 0.25) is 0 Å². The van der Waals surface area contributed by atoms with Gasteiger partial charge in [0.1, 0.15) is 0 Å². The summed E-state index contributed by atoms with van der Waals surface area (Å²) in [6.07, 6.45) is 3.26. The summed E-state index contributed by atoms with van der Waals surface area (Å²) in [6, 6.07) is 11.1. The van der Waals surface area contributed by atoms with Gasteiger partial charge in [-0.3, -0.25) is 24.3 Å². The SMILES string of the molecule is Cc1ccccc1[C@@]1(CC(=O)N(C)C(C)C)CC(=O)N(Cc2cccnc2)C1=O. The molecular weight excluding hydrogens is 366 g/mol. The summed E-state index contributed by atoms with van der Waals surface area (Å²) in [5.74, 6) is -0.721. The highest BCUT2D eigenvalue weighted by molar-refractivity contribution is 6.10. The maximum Gasteiger partial charge on any atom is 0.241 e. The molecule has 2 aromatic rings. The van der Waals surface area contributed by atoms with Crippen LogP contribution >= 0.6 is 0 Å². The first kappa shape index (κ1) is 20.7. The predicted octanol–water partition coefficient (Wildman–Crippen LogP) is 2.84. The second-order valence-corrected chi connectivity index (χ2v) is 8.00. The monoisotopic (exact) mass is 393 g/mol. The first-order valence-corrected chi connectivity index (χ1v) is 9.82. The van der Waals surface area contributed by atoms with Crippen LogP contribution < -0.4 is 0 Å². The molecule has 0 unspecified atom stereocenters. The number of aromatic nitrogens is 1. The molecule has 2 heterocycles. The Labute approximate surface area is 171 Å². The Hall–Kier alpha value is -3.02. The zero-order valence-corrected chi connectivity index (χ0v) is 17.4. The molecule has 1 aliphatic heterocycles. The molecule has 0 saturated carbocycles. The van der Waals surface area contributed by atoms with Crippen LogP contribution in [0.4, 0.5) is 0 Å². The van der Waals surface area contributed by atoms with Crippen molar-refractivity contribution in [3.8, 4) is 0 Å². The molecule has 0 aliphatic carbocycles. The molecule has 29 heavy (non-hydrogen) atoms. The Morgan fingerprint density at radius 1 is 1.21 bits per heavy atom. The smallest absolute Gasteiger partial charge is 0.241 e. The van der Waals surface area contributed by atoms with Gasteiger partial charge in [0.15, 0.2) is 0 Å². The molecule has 3 rings (SSSR count). The number of amides is 3. The van der Waals surface area contributed by atoms with Crippen LogP contribution in [0.15, 0.2) is 48.8 Å². The van der Waals surface area contributed by atoms with Crippen LogP contribution in [0.1, 0.15) is 43.4 Å². The lowest BCUT2D eigenvalue weighted by Gasteiger charge is -2.31. The standard InChI is InChI=1S/C23H27N3O3/c1-16(2)25(4)20(27)12-23(19-10-6-5-8-17(19)3)13-21(28)26(22(23)29)15-18-9-7-11-24-14-18/h5-11,14,16H,12-13,15H2,1-4H3/t23-/m1/s1. The fourth-order valence-electron chi connectivity index (χ4n) is 3.86.